The van der Waals surface area contributed by atoms with Gasteiger partial charge in [0.1, 0.15) is 5.54 Å². The molecular formula is C36H49N3O2. The third-order valence-corrected chi connectivity index (χ3v) is 12.9. The molecule has 5 nitrogen and oxygen atoms in total. The highest BCUT2D eigenvalue weighted by atomic mass is 16.2. The molecule has 1 aromatic carbocycles. The van der Waals surface area contributed by atoms with Crippen LogP contribution in [-0.4, -0.2) is 38.8 Å². The first kappa shape index (κ1) is 26.3. The average Bonchev–Trinajstić information content (AvgIpc) is 3.80. The van der Waals surface area contributed by atoms with Crippen LogP contribution in [0.15, 0.2) is 24.3 Å². The Hall–Kier alpha value is -2.30. The van der Waals surface area contributed by atoms with E-state index in [4.69, 9.17) is 0 Å². The maximum absolute atomic E-state index is 14.6. The number of hydrogen-bond acceptors (Lipinski definition) is 2. The molecule has 1 aromatic heterocycles. The Labute approximate surface area is 245 Å². The van der Waals surface area contributed by atoms with Gasteiger partial charge in [0.2, 0.25) is 11.8 Å². The van der Waals surface area contributed by atoms with Gasteiger partial charge in [0, 0.05) is 34.6 Å². The zero-order valence-electron chi connectivity index (χ0n) is 25.4. The number of H-pyrrole nitrogens is 1. The monoisotopic (exact) mass is 555 g/mol. The molecule has 2 amide bonds. The van der Waals surface area contributed by atoms with E-state index in [2.05, 4.69) is 60.2 Å². The van der Waals surface area contributed by atoms with Gasteiger partial charge in [0.25, 0.3) is 0 Å². The minimum atomic E-state index is -0.648. The van der Waals surface area contributed by atoms with Gasteiger partial charge >= 0.3 is 0 Å². The molecule has 4 bridgehead atoms. The van der Waals surface area contributed by atoms with E-state index in [0.29, 0.717) is 18.3 Å². The van der Waals surface area contributed by atoms with Gasteiger partial charge in [0.05, 0.1) is 0 Å². The van der Waals surface area contributed by atoms with E-state index in [-0.39, 0.29) is 28.8 Å². The predicted octanol–water partition coefficient (Wildman–Crippen LogP) is 7.38. The molecule has 2 atom stereocenters. The molecule has 9 rings (SSSR count). The molecule has 0 radical (unpaired) electrons. The van der Waals surface area contributed by atoms with Crippen LogP contribution >= 0.6 is 0 Å². The first-order valence-corrected chi connectivity index (χ1v) is 16.9. The number of hydrogen-bond donors (Lipinski definition) is 2. The van der Waals surface area contributed by atoms with Crippen LogP contribution in [0.2, 0.25) is 0 Å². The number of benzene rings is 1. The Morgan fingerprint density at radius 1 is 0.951 bits per heavy atom. The summed E-state index contributed by atoms with van der Waals surface area (Å²) in [4.78, 5) is 35.0. The molecule has 7 fully saturated rings. The lowest BCUT2D eigenvalue weighted by Crippen LogP contribution is -2.68. The van der Waals surface area contributed by atoms with Crippen LogP contribution < -0.4 is 5.32 Å². The molecule has 5 heteroatoms. The fraction of sp³-hybridized carbons (Fsp3) is 0.722. The second-order valence-corrected chi connectivity index (χ2v) is 16.1. The number of nitrogens with one attached hydrogen (secondary N) is 2. The van der Waals surface area contributed by atoms with Crippen molar-refractivity contribution in [3.05, 3.63) is 35.5 Å². The average molecular weight is 556 g/mol. The molecule has 0 spiro atoms. The Morgan fingerprint density at radius 2 is 1.59 bits per heavy atom. The summed E-state index contributed by atoms with van der Waals surface area (Å²) < 4.78 is 0. The highest BCUT2D eigenvalue weighted by Gasteiger charge is 2.62. The summed E-state index contributed by atoms with van der Waals surface area (Å²) in [5, 5.41) is 5.06. The summed E-state index contributed by atoms with van der Waals surface area (Å²) >= 11 is 0. The summed E-state index contributed by atoms with van der Waals surface area (Å²) in [5.74, 6) is 3.52. The quantitative estimate of drug-likeness (QED) is 0.374. The van der Waals surface area contributed by atoms with Crippen molar-refractivity contribution >= 4 is 22.7 Å². The second-order valence-electron chi connectivity index (χ2n) is 16.1. The fourth-order valence-electron chi connectivity index (χ4n) is 11.1. The van der Waals surface area contributed by atoms with E-state index >= 15 is 0 Å². The van der Waals surface area contributed by atoms with E-state index in [1.807, 2.05) is 0 Å². The summed E-state index contributed by atoms with van der Waals surface area (Å²) in [6, 6.07) is 8.85. The standard InChI is InChI=1S/C36H49N3O2/c1-22-31(27-9-5-6-10-29(27)37-22)32-28(34(32,2)3)18-30(40)39(26-11-12-26)36(13-7-4-8-14-36)33(41)38-35-19-23-15-24(20-35)17-25(16-23)21-35/h5-6,9-10,23-26,28,32,37H,4,7-8,11-21H2,1-3H3,(H,38,41). The van der Waals surface area contributed by atoms with Crippen molar-refractivity contribution < 1.29 is 9.59 Å². The molecule has 41 heavy (non-hydrogen) atoms. The summed E-state index contributed by atoms with van der Waals surface area (Å²) in [7, 11) is 0. The molecule has 2 unspecified atom stereocenters. The second kappa shape index (κ2) is 9.10. The number of nitrogens with zero attached hydrogens (tertiary/aromatic N) is 1. The van der Waals surface area contributed by atoms with Crippen LogP contribution in [-0.2, 0) is 9.59 Å². The maximum atomic E-state index is 14.6. The molecule has 7 aliphatic carbocycles. The van der Waals surface area contributed by atoms with Crippen LogP contribution in [0.3, 0.4) is 0 Å². The summed E-state index contributed by atoms with van der Waals surface area (Å²) in [5.41, 5.74) is 3.23. The largest absolute Gasteiger partial charge is 0.358 e. The van der Waals surface area contributed by atoms with Gasteiger partial charge in [-0.15, -0.1) is 0 Å². The van der Waals surface area contributed by atoms with Gasteiger partial charge in [-0.25, -0.2) is 0 Å². The number of carbonyl (C=O) groups is 2. The van der Waals surface area contributed by atoms with Crippen molar-refractivity contribution in [2.45, 2.75) is 134 Å². The highest BCUT2D eigenvalue weighted by molar-refractivity contribution is 5.93. The predicted molar refractivity (Wildman–Crippen MR) is 162 cm³/mol. The molecule has 2 N–H and O–H groups in total. The normalized spacial score (nSPS) is 36.3. The van der Waals surface area contributed by atoms with E-state index in [1.165, 1.54) is 67.1 Å². The van der Waals surface area contributed by atoms with E-state index < -0.39 is 5.54 Å². The zero-order valence-corrected chi connectivity index (χ0v) is 25.4. The minimum Gasteiger partial charge on any atom is -0.358 e. The Kier molecular flexibility index (Phi) is 5.85. The molecule has 0 saturated heterocycles. The number of aromatic nitrogens is 1. The first-order valence-electron chi connectivity index (χ1n) is 16.9. The van der Waals surface area contributed by atoms with Gasteiger partial charge < -0.3 is 15.2 Å². The highest BCUT2D eigenvalue weighted by Crippen LogP contribution is 2.67. The Morgan fingerprint density at radius 3 is 2.22 bits per heavy atom. The van der Waals surface area contributed by atoms with Crippen LogP contribution in [0, 0.1) is 36.0 Å². The first-order chi connectivity index (χ1) is 19.7. The van der Waals surface area contributed by atoms with Gasteiger partial charge in [0.15, 0.2) is 0 Å². The van der Waals surface area contributed by atoms with E-state index in [9.17, 15) is 9.59 Å². The van der Waals surface area contributed by atoms with Gasteiger partial charge in [-0.2, -0.15) is 0 Å². The van der Waals surface area contributed by atoms with Gasteiger partial charge in [-0.1, -0.05) is 51.3 Å². The molecule has 2 aromatic rings. The number of para-hydroxylation sites is 1. The summed E-state index contributed by atoms with van der Waals surface area (Å²) in [6.07, 6.45) is 15.3. The number of aromatic amines is 1. The number of fused-ring (bicyclic) bond motifs is 1. The van der Waals surface area contributed by atoms with Gasteiger partial charge in [-0.3, -0.25) is 9.59 Å². The van der Waals surface area contributed by atoms with Crippen LogP contribution in [0.1, 0.15) is 121 Å². The Balaban J connectivity index is 1.07. The fourth-order valence-corrected chi connectivity index (χ4v) is 11.1. The van der Waals surface area contributed by atoms with Gasteiger partial charge in [-0.05, 0) is 118 Å². The lowest BCUT2D eigenvalue weighted by Gasteiger charge is -2.58. The molecule has 7 aliphatic rings. The number of aryl methyl sites for hydroxylation is 1. The van der Waals surface area contributed by atoms with Crippen molar-refractivity contribution in [1.29, 1.82) is 0 Å². The topological polar surface area (TPSA) is 65.2 Å². The third kappa shape index (κ3) is 4.14. The maximum Gasteiger partial charge on any atom is 0.246 e. The summed E-state index contributed by atoms with van der Waals surface area (Å²) in [6.45, 7) is 6.87. The van der Waals surface area contributed by atoms with Crippen LogP contribution in [0.25, 0.3) is 10.9 Å². The SMILES string of the molecule is Cc1[nH]c2ccccc2c1C1C(CC(=O)N(C2CC2)C2(C(=O)NC34CC5CC(CC(C5)C3)C4)CCCCC2)C1(C)C. The van der Waals surface area contributed by atoms with Crippen LogP contribution in [0.5, 0.6) is 0 Å². The van der Waals surface area contributed by atoms with Crippen LogP contribution in [0.4, 0.5) is 0 Å². The van der Waals surface area contributed by atoms with Crippen molar-refractivity contribution in [3.8, 4) is 0 Å². The smallest absolute Gasteiger partial charge is 0.246 e. The van der Waals surface area contributed by atoms with Crippen molar-refractivity contribution in [1.82, 2.24) is 15.2 Å². The van der Waals surface area contributed by atoms with Crippen molar-refractivity contribution in [2.75, 3.05) is 0 Å². The molecule has 1 heterocycles. The number of amides is 2. The molecule has 7 saturated carbocycles. The number of rotatable bonds is 7. The molecular weight excluding hydrogens is 506 g/mol. The number of carbonyl (C=O) groups excluding carboxylic acids is 2. The lowest BCUT2D eigenvalue weighted by molar-refractivity contribution is -0.155. The van der Waals surface area contributed by atoms with E-state index in [0.717, 1.165) is 56.3 Å². The molecule has 0 aliphatic heterocycles. The minimum absolute atomic E-state index is 0.00893. The Bertz CT molecular complexity index is 1340. The van der Waals surface area contributed by atoms with Crippen molar-refractivity contribution in [2.24, 2.45) is 29.1 Å². The molecule has 220 valence electrons. The zero-order chi connectivity index (χ0) is 28.1. The van der Waals surface area contributed by atoms with E-state index in [1.54, 1.807) is 0 Å². The lowest BCUT2D eigenvalue weighted by atomic mass is 9.53. The third-order valence-electron chi connectivity index (χ3n) is 12.9. The van der Waals surface area contributed by atoms with Crippen molar-refractivity contribution in [3.63, 3.8) is 0 Å².